The van der Waals surface area contributed by atoms with Gasteiger partial charge >= 0.3 is 6.18 Å². The number of carbonyl (C=O) groups is 2. The first kappa shape index (κ1) is 32.7. The summed E-state index contributed by atoms with van der Waals surface area (Å²) in [6.45, 7) is 6.45. The van der Waals surface area contributed by atoms with Crippen molar-refractivity contribution in [1.29, 1.82) is 0 Å². The highest BCUT2D eigenvalue weighted by Crippen LogP contribution is 2.32. The lowest BCUT2D eigenvalue weighted by molar-refractivity contribution is -0.140. The first-order valence-corrected chi connectivity index (χ1v) is 15.1. The highest BCUT2D eigenvalue weighted by molar-refractivity contribution is 7.92. The van der Waals surface area contributed by atoms with Crippen molar-refractivity contribution in [1.82, 2.24) is 10.2 Å². The van der Waals surface area contributed by atoms with Crippen LogP contribution in [0.1, 0.15) is 43.0 Å². The maximum atomic E-state index is 14.1. The monoisotopic (exact) mass is 603 g/mol. The highest BCUT2D eigenvalue weighted by atomic mass is 32.2. The molecule has 0 saturated carbocycles. The Morgan fingerprint density at radius 2 is 1.50 bits per heavy atom. The van der Waals surface area contributed by atoms with Crippen LogP contribution in [0.4, 0.5) is 18.9 Å². The predicted molar refractivity (Wildman–Crippen MR) is 157 cm³/mol. The summed E-state index contributed by atoms with van der Waals surface area (Å²) < 4.78 is 66.6. The van der Waals surface area contributed by atoms with E-state index < -0.39 is 51.7 Å². The van der Waals surface area contributed by atoms with Crippen molar-refractivity contribution < 1.29 is 31.2 Å². The van der Waals surface area contributed by atoms with Crippen LogP contribution in [0.5, 0.6) is 0 Å². The third kappa shape index (κ3) is 9.34. The van der Waals surface area contributed by atoms with Crippen molar-refractivity contribution in [2.24, 2.45) is 0 Å². The number of nitrogens with one attached hydrogen (secondary N) is 1. The summed E-state index contributed by atoms with van der Waals surface area (Å²) in [7, 11) is -4.20. The molecule has 226 valence electrons. The molecule has 0 spiro atoms. The minimum absolute atomic E-state index is 0.0320. The van der Waals surface area contributed by atoms with Gasteiger partial charge in [-0.05, 0) is 57.0 Å². The summed E-state index contributed by atoms with van der Waals surface area (Å²) in [6.07, 6.45) is -3.77. The second kappa shape index (κ2) is 13.0. The quantitative estimate of drug-likeness (QED) is 0.339. The molecule has 11 heteroatoms. The van der Waals surface area contributed by atoms with Crippen LogP contribution in [-0.4, -0.2) is 49.5 Å². The van der Waals surface area contributed by atoms with Crippen LogP contribution in [0, 0.1) is 6.92 Å². The zero-order valence-corrected chi connectivity index (χ0v) is 25.1. The maximum absolute atomic E-state index is 14.1. The van der Waals surface area contributed by atoms with Crippen molar-refractivity contribution in [2.45, 2.75) is 58.4 Å². The lowest BCUT2D eigenvalue weighted by Gasteiger charge is -2.35. The lowest BCUT2D eigenvalue weighted by Crippen LogP contribution is -2.56. The second-order valence-electron chi connectivity index (χ2n) is 11.3. The largest absolute Gasteiger partial charge is 0.416 e. The molecular weight excluding hydrogens is 567 g/mol. The Bertz CT molecular complexity index is 1500. The van der Waals surface area contributed by atoms with Gasteiger partial charge in [0, 0.05) is 18.5 Å². The molecule has 7 nitrogen and oxygen atoms in total. The van der Waals surface area contributed by atoms with Gasteiger partial charge in [0.15, 0.2) is 0 Å². The number of hydrogen-bond donors (Lipinski definition) is 1. The van der Waals surface area contributed by atoms with E-state index in [2.05, 4.69) is 5.32 Å². The molecule has 0 heterocycles. The summed E-state index contributed by atoms with van der Waals surface area (Å²) in [6, 6.07) is 19.1. The van der Waals surface area contributed by atoms with Crippen molar-refractivity contribution in [3.8, 4) is 0 Å². The Morgan fingerprint density at radius 1 is 0.881 bits per heavy atom. The van der Waals surface area contributed by atoms with Crippen LogP contribution in [0.3, 0.4) is 0 Å². The van der Waals surface area contributed by atoms with Crippen LogP contribution in [0.25, 0.3) is 0 Å². The van der Waals surface area contributed by atoms with Gasteiger partial charge in [-0.25, -0.2) is 8.42 Å². The topological polar surface area (TPSA) is 86.8 Å². The Kier molecular flexibility index (Phi) is 10.1. The Morgan fingerprint density at radius 3 is 2.07 bits per heavy atom. The predicted octanol–water partition coefficient (Wildman–Crippen LogP) is 5.33. The van der Waals surface area contributed by atoms with E-state index in [4.69, 9.17) is 0 Å². The highest BCUT2D eigenvalue weighted by Gasteiger charge is 2.35. The van der Waals surface area contributed by atoms with Crippen molar-refractivity contribution >= 4 is 27.5 Å². The van der Waals surface area contributed by atoms with E-state index in [1.165, 1.54) is 11.0 Å². The van der Waals surface area contributed by atoms with Crippen molar-refractivity contribution in [2.75, 3.05) is 17.1 Å². The zero-order chi connectivity index (χ0) is 31.3. The van der Waals surface area contributed by atoms with Crippen LogP contribution in [-0.2, 0) is 38.8 Å². The van der Waals surface area contributed by atoms with E-state index >= 15 is 0 Å². The molecule has 0 bridgehead atoms. The van der Waals surface area contributed by atoms with E-state index in [-0.39, 0.29) is 18.7 Å². The minimum atomic E-state index is -4.72. The molecule has 0 aliphatic heterocycles. The standard InChI is InChI=1S/C31H36F3N3O4S/c1-22-11-9-14-24(17-22)20-36(27(29(39)35-30(2,3)4)18-23-12-7-6-8-13-23)28(38)21-37(42(5,40)41)26-16-10-15-25(19-26)31(32,33)34/h6-17,19,27H,18,20-21H2,1-5H3,(H,35,39). The maximum Gasteiger partial charge on any atom is 0.416 e. The Labute approximate surface area is 245 Å². The fourth-order valence-electron chi connectivity index (χ4n) is 4.47. The van der Waals surface area contributed by atoms with Crippen molar-refractivity contribution in [3.63, 3.8) is 0 Å². The molecule has 42 heavy (non-hydrogen) atoms. The third-order valence-corrected chi connectivity index (χ3v) is 7.49. The minimum Gasteiger partial charge on any atom is -0.350 e. The molecule has 1 N–H and O–H groups in total. The van der Waals surface area contributed by atoms with E-state index in [1.807, 2.05) is 37.3 Å². The molecule has 0 aromatic heterocycles. The molecular formula is C31H36F3N3O4S. The summed E-state index contributed by atoms with van der Waals surface area (Å²) >= 11 is 0. The van der Waals surface area contributed by atoms with E-state index in [1.54, 1.807) is 45.0 Å². The number of hydrogen-bond acceptors (Lipinski definition) is 4. The zero-order valence-electron chi connectivity index (χ0n) is 24.3. The van der Waals surface area contributed by atoms with Gasteiger partial charge in [0.2, 0.25) is 21.8 Å². The average Bonchev–Trinajstić information content (AvgIpc) is 2.87. The first-order chi connectivity index (χ1) is 19.4. The van der Waals surface area contributed by atoms with Crippen LogP contribution >= 0.6 is 0 Å². The third-order valence-electron chi connectivity index (χ3n) is 6.35. The molecule has 0 radical (unpaired) electrons. The van der Waals surface area contributed by atoms with Gasteiger partial charge in [-0.1, -0.05) is 66.2 Å². The van der Waals surface area contributed by atoms with Gasteiger partial charge in [-0.3, -0.25) is 13.9 Å². The van der Waals surface area contributed by atoms with Gasteiger partial charge in [-0.2, -0.15) is 13.2 Å². The first-order valence-electron chi connectivity index (χ1n) is 13.3. The van der Waals surface area contributed by atoms with Crippen molar-refractivity contribution in [3.05, 3.63) is 101 Å². The van der Waals surface area contributed by atoms with Crippen LogP contribution in [0.2, 0.25) is 0 Å². The number of amides is 2. The lowest BCUT2D eigenvalue weighted by atomic mass is 10.0. The second-order valence-corrected chi connectivity index (χ2v) is 13.2. The van der Waals surface area contributed by atoms with Gasteiger partial charge in [0.1, 0.15) is 12.6 Å². The van der Waals surface area contributed by atoms with Gasteiger partial charge in [-0.15, -0.1) is 0 Å². The molecule has 3 aromatic rings. The van der Waals surface area contributed by atoms with E-state index in [0.717, 1.165) is 29.5 Å². The molecule has 3 aromatic carbocycles. The number of sulfonamides is 1. The van der Waals surface area contributed by atoms with Gasteiger partial charge in [0.25, 0.3) is 0 Å². The molecule has 0 aliphatic carbocycles. The van der Waals surface area contributed by atoms with Gasteiger partial charge in [0.05, 0.1) is 17.5 Å². The fraction of sp³-hybridized carbons (Fsp3) is 0.355. The molecule has 0 aliphatic rings. The normalized spacial score (nSPS) is 12.9. The van der Waals surface area contributed by atoms with E-state index in [9.17, 15) is 31.2 Å². The smallest absolute Gasteiger partial charge is 0.350 e. The Hall–Kier alpha value is -3.86. The number of aryl methyl sites for hydroxylation is 1. The summed E-state index contributed by atoms with van der Waals surface area (Å²) in [5.74, 6) is -1.19. The number of rotatable bonds is 10. The SMILES string of the molecule is Cc1cccc(CN(C(=O)CN(c2cccc(C(F)(F)F)c2)S(C)(=O)=O)C(Cc2ccccc2)C(=O)NC(C)(C)C)c1. The number of nitrogens with zero attached hydrogens (tertiary/aromatic N) is 2. The summed E-state index contributed by atoms with van der Waals surface area (Å²) in [4.78, 5) is 29.1. The average molecular weight is 604 g/mol. The summed E-state index contributed by atoms with van der Waals surface area (Å²) in [5, 5.41) is 2.92. The molecule has 3 rings (SSSR count). The molecule has 0 fully saturated rings. The number of anilines is 1. The van der Waals surface area contributed by atoms with Crippen LogP contribution < -0.4 is 9.62 Å². The molecule has 1 unspecified atom stereocenters. The number of benzene rings is 3. The molecule has 2 amide bonds. The number of halogens is 3. The summed E-state index contributed by atoms with van der Waals surface area (Å²) in [5.41, 5.74) is 0.391. The molecule has 1 atom stereocenters. The fourth-order valence-corrected chi connectivity index (χ4v) is 5.31. The Balaban J connectivity index is 2.10. The number of carbonyl (C=O) groups excluding carboxylic acids is 2. The van der Waals surface area contributed by atoms with E-state index in [0.29, 0.717) is 15.9 Å². The molecule has 0 saturated heterocycles. The number of alkyl halides is 3. The van der Waals surface area contributed by atoms with Gasteiger partial charge < -0.3 is 10.2 Å². The van der Waals surface area contributed by atoms with Crippen LogP contribution in [0.15, 0.2) is 78.9 Å².